The summed E-state index contributed by atoms with van der Waals surface area (Å²) in [6.07, 6.45) is 0. The standard InChI is InChI=1S/C17H19ClN6O2S/c1-9-5-6-10(18)7-11(9)19-12(25)8-27-16-22-21-15-20-14(26)13(17(2,3)4)23-24(15)16/h5-7H,8H2,1-4H3,(H,19,25)(H,20,21,26). The third-order valence-electron chi connectivity index (χ3n) is 3.77. The molecule has 0 spiro atoms. The molecule has 0 fully saturated rings. The summed E-state index contributed by atoms with van der Waals surface area (Å²) in [6.45, 7) is 7.58. The molecule has 0 aliphatic heterocycles. The molecular weight excluding hydrogens is 388 g/mol. The van der Waals surface area contributed by atoms with E-state index in [4.69, 9.17) is 11.6 Å². The summed E-state index contributed by atoms with van der Waals surface area (Å²) in [5.74, 6) is 0.141. The van der Waals surface area contributed by atoms with Crippen molar-refractivity contribution in [1.82, 2.24) is 24.8 Å². The number of benzene rings is 1. The Morgan fingerprint density at radius 1 is 1.33 bits per heavy atom. The maximum Gasteiger partial charge on any atom is 0.274 e. The minimum absolute atomic E-state index is 0.110. The van der Waals surface area contributed by atoms with Gasteiger partial charge in [-0.25, -0.2) is 0 Å². The Labute approximate surface area is 164 Å². The lowest BCUT2D eigenvalue weighted by Gasteiger charge is -2.15. The normalized spacial score (nSPS) is 11.7. The molecule has 1 amide bonds. The van der Waals surface area contributed by atoms with Crippen molar-refractivity contribution in [2.45, 2.75) is 38.3 Å². The maximum atomic E-state index is 12.3. The highest BCUT2D eigenvalue weighted by Crippen LogP contribution is 2.22. The van der Waals surface area contributed by atoms with Crippen LogP contribution in [0.25, 0.3) is 5.78 Å². The van der Waals surface area contributed by atoms with E-state index in [2.05, 4.69) is 25.6 Å². The molecule has 2 N–H and O–H groups in total. The number of aromatic amines is 1. The number of hydrogen-bond donors (Lipinski definition) is 2. The van der Waals surface area contributed by atoms with Crippen LogP contribution in [0.5, 0.6) is 0 Å². The molecule has 10 heteroatoms. The van der Waals surface area contributed by atoms with Crippen LogP contribution >= 0.6 is 23.4 Å². The van der Waals surface area contributed by atoms with Crippen LogP contribution in [0.2, 0.25) is 5.02 Å². The van der Waals surface area contributed by atoms with Gasteiger partial charge in [-0.15, -0.1) is 10.2 Å². The molecule has 27 heavy (non-hydrogen) atoms. The van der Waals surface area contributed by atoms with Crippen LogP contribution in [0.3, 0.4) is 0 Å². The van der Waals surface area contributed by atoms with Gasteiger partial charge in [0.05, 0.1) is 5.75 Å². The lowest BCUT2D eigenvalue weighted by Crippen LogP contribution is -2.28. The van der Waals surface area contributed by atoms with Gasteiger partial charge in [0.1, 0.15) is 5.69 Å². The van der Waals surface area contributed by atoms with Crippen molar-refractivity contribution in [2.75, 3.05) is 11.1 Å². The molecule has 0 atom stereocenters. The highest BCUT2D eigenvalue weighted by Gasteiger charge is 2.22. The highest BCUT2D eigenvalue weighted by molar-refractivity contribution is 7.99. The maximum absolute atomic E-state index is 12.3. The van der Waals surface area contributed by atoms with Crippen LogP contribution in [-0.2, 0) is 10.2 Å². The summed E-state index contributed by atoms with van der Waals surface area (Å²) in [6, 6.07) is 5.31. The topological polar surface area (TPSA) is 105 Å². The largest absolute Gasteiger partial charge is 0.325 e. The van der Waals surface area contributed by atoms with E-state index in [-0.39, 0.29) is 23.0 Å². The number of anilines is 1. The molecule has 0 unspecified atom stereocenters. The van der Waals surface area contributed by atoms with Crippen molar-refractivity contribution >= 4 is 40.7 Å². The highest BCUT2D eigenvalue weighted by atomic mass is 35.5. The Kier molecular flexibility index (Phi) is 5.25. The molecular formula is C17H19ClN6O2S. The van der Waals surface area contributed by atoms with Crippen LogP contribution in [-0.4, -0.2) is 36.5 Å². The molecule has 2 aromatic heterocycles. The number of aryl methyl sites for hydroxylation is 1. The average molecular weight is 407 g/mol. The van der Waals surface area contributed by atoms with Crippen LogP contribution < -0.4 is 10.9 Å². The van der Waals surface area contributed by atoms with Crippen molar-refractivity contribution in [2.24, 2.45) is 0 Å². The first-order valence-electron chi connectivity index (χ1n) is 8.20. The summed E-state index contributed by atoms with van der Waals surface area (Å²) < 4.78 is 1.45. The number of nitrogens with one attached hydrogen (secondary N) is 2. The lowest BCUT2D eigenvalue weighted by molar-refractivity contribution is -0.113. The van der Waals surface area contributed by atoms with E-state index in [0.717, 1.165) is 5.56 Å². The molecule has 8 nitrogen and oxygen atoms in total. The van der Waals surface area contributed by atoms with E-state index in [9.17, 15) is 9.59 Å². The van der Waals surface area contributed by atoms with E-state index in [1.54, 1.807) is 12.1 Å². The monoisotopic (exact) mass is 406 g/mol. The third-order valence-corrected chi connectivity index (χ3v) is 4.92. The van der Waals surface area contributed by atoms with Crippen molar-refractivity contribution < 1.29 is 4.79 Å². The number of thioether (sulfide) groups is 1. The SMILES string of the molecule is Cc1ccc(Cl)cc1NC(=O)CSc1nnc2[nH]c(=O)c(C(C)(C)C)nn12. The molecule has 3 rings (SSSR count). The quantitative estimate of drug-likeness (QED) is 0.645. The predicted octanol–water partition coefficient (Wildman–Crippen LogP) is 2.80. The molecule has 3 aromatic rings. The number of aromatic nitrogens is 5. The molecule has 0 bridgehead atoms. The molecule has 0 aliphatic rings. The first-order chi connectivity index (χ1) is 12.6. The Balaban J connectivity index is 1.78. The number of nitrogens with zero attached hydrogens (tertiary/aromatic N) is 4. The van der Waals surface area contributed by atoms with Gasteiger partial charge in [0.2, 0.25) is 11.1 Å². The van der Waals surface area contributed by atoms with Gasteiger partial charge in [-0.05, 0) is 24.6 Å². The van der Waals surface area contributed by atoms with Gasteiger partial charge < -0.3 is 5.32 Å². The zero-order valence-corrected chi connectivity index (χ0v) is 16.9. The summed E-state index contributed by atoms with van der Waals surface area (Å²) >= 11 is 7.15. The van der Waals surface area contributed by atoms with Crippen LogP contribution in [0.4, 0.5) is 5.69 Å². The van der Waals surface area contributed by atoms with E-state index < -0.39 is 5.41 Å². The van der Waals surface area contributed by atoms with Crippen LogP contribution in [0.15, 0.2) is 28.2 Å². The number of carbonyl (C=O) groups excluding carboxylic acids is 1. The fourth-order valence-electron chi connectivity index (χ4n) is 2.37. The number of fused-ring (bicyclic) bond motifs is 1. The van der Waals surface area contributed by atoms with E-state index >= 15 is 0 Å². The van der Waals surface area contributed by atoms with Crippen molar-refractivity contribution in [3.8, 4) is 0 Å². The fourth-order valence-corrected chi connectivity index (χ4v) is 3.22. The van der Waals surface area contributed by atoms with Gasteiger partial charge in [0, 0.05) is 16.1 Å². The zero-order valence-electron chi connectivity index (χ0n) is 15.3. The Bertz CT molecular complexity index is 1070. The zero-order chi connectivity index (χ0) is 19.8. The van der Waals surface area contributed by atoms with Crippen molar-refractivity contribution in [3.05, 3.63) is 44.8 Å². The molecule has 0 saturated heterocycles. The second kappa shape index (κ2) is 7.32. The molecule has 142 valence electrons. The van der Waals surface area contributed by atoms with Gasteiger partial charge in [-0.3, -0.25) is 14.6 Å². The number of amides is 1. The first-order valence-corrected chi connectivity index (χ1v) is 9.56. The number of H-pyrrole nitrogens is 1. The van der Waals surface area contributed by atoms with Crippen LogP contribution in [0, 0.1) is 6.92 Å². The number of hydrogen-bond acceptors (Lipinski definition) is 6. The van der Waals surface area contributed by atoms with E-state index in [1.165, 1.54) is 16.3 Å². The summed E-state index contributed by atoms with van der Waals surface area (Å²) in [5, 5.41) is 16.1. The molecule has 0 saturated carbocycles. The minimum atomic E-state index is -0.435. The molecule has 0 aliphatic carbocycles. The second-order valence-corrected chi connectivity index (χ2v) is 8.45. The van der Waals surface area contributed by atoms with E-state index in [0.29, 0.717) is 21.6 Å². The average Bonchev–Trinajstić information content (AvgIpc) is 2.96. The van der Waals surface area contributed by atoms with Gasteiger partial charge in [0.25, 0.3) is 11.3 Å². The molecule has 0 radical (unpaired) electrons. The van der Waals surface area contributed by atoms with E-state index in [1.807, 2.05) is 33.8 Å². The first kappa shape index (κ1) is 19.4. The molecule has 2 heterocycles. The summed E-state index contributed by atoms with van der Waals surface area (Å²) in [7, 11) is 0. The molecule has 1 aromatic carbocycles. The summed E-state index contributed by atoms with van der Waals surface area (Å²) in [4.78, 5) is 27.1. The van der Waals surface area contributed by atoms with Gasteiger partial charge in [-0.2, -0.15) is 9.61 Å². The predicted molar refractivity (Wildman–Crippen MR) is 106 cm³/mol. The van der Waals surface area contributed by atoms with Crippen molar-refractivity contribution in [1.29, 1.82) is 0 Å². The van der Waals surface area contributed by atoms with Gasteiger partial charge in [0.15, 0.2) is 0 Å². The second-order valence-electron chi connectivity index (χ2n) is 7.07. The number of rotatable bonds is 4. The van der Waals surface area contributed by atoms with Crippen molar-refractivity contribution in [3.63, 3.8) is 0 Å². The van der Waals surface area contributed by atoms with Crippen LogP contribution in [0.1, 0.15) is 32.0 Å². The minimum Gasteiger partial charge on any atom is -0.325 e. The Morgan fingerprint density at radius 2 is 2.07 bits per heavy atom. The summed E-state index contributed by atoms with van der Waals surface area (Å²) in [5.41, 5.74) is 1.22. The number of carbonyl (C=O) groups is 1. The lowest BCUT2D eigenvalue weighted by atomic mass is 9.93. The Hall–Kier alpha value is -2.39. The van der Waals surface area contributed by atoms with Gasteiger partial charge in [-0.1, -0.05) is 50.2 Å². The smallest absolute Gasteiger partial charge is 0.274 e. The van der Waals surface area contributed by atoms with Gasteiger partial charge >= 0.3 is 0 Å². The Morgan fingerprint density at radius 3 is 2.78 bits per heavy atom. The third kappa shape index (κ3) is 4.30. The fraction of sp³-hybridized carbons (Fsp3) is 0.353. The number of halogens is 1.